The van der Waals surface area contributed by atoms with Crippen LogP contribution in [0.2, 0.25) is 0 Å². The third kappa shape index (κ3) is 1.34. The fourth-order valence-electron chi connectivity index (χ4n) is 1.76. The fourth-order valence-corrected chi connectivity index (χ4v) is 1.76. The van der Waals surface area contributed by atoms with Gasteiger partial charge in [0, 0.05) is 0 Å². The van der Waals surface area contributed by atoms with Crippen LogP contribution < -0.4 is 0 Å². The lowest BCUT2D eigenvalue weighted by Crippen LogP contribution is -2.29. The van der Waals surface area contributed by atoms with Gasteiger partial charge in [-0.15, -0.1) is 0 Å². The van der Waals surface area contributed by atoms with Crippen LogP contribution in [-0.4, -0.2) is 11.2 Å². The fraction of sp³-hybridized carbons (Fsp3) is 0.636. The van der Waals surface area contributed by atoms with Gasteiger partial charge in [-0.25, -0.2) is 0 Å². The van der Waals surface area contributed by atoms with Crippen LogP contribution in [0.15, 0.2) is 23.3 Å². The number of aliphatic hydroxyl groups is 1. The summed E-state index contributed by atoms with van der Waals surface area (Å²) in [6.45, 7) is 12.4. The Balaban J connectivity index is 3.10. The second kappa shape index (κ2) is 2.74. The van der Waals surface area contributed by atoms with Gasteiger partial charge in [0.05, 0.1) is 6.10 Å². The van der Waals surface area contributed by atoms with Crippen molar-refractivity contribution in [2.45, 2.75) is 40.2 Å². The van der Waals surface area contributed by atoms with E-state index in [1.54, 1.807) is 0 Å². The van der Waals surface area contributed by atoms with Gasteiger partial charge < -0.3 is 5.11 Å². The molecule has 0 aromatic carbocycles. The quantitative estimate of drug-likeness (QED) is 0.586. The summed E-state index contributed by atoms with van der Waals surface area (Å²) in [7, 11) is 0. The van der Waals surface area contributed by atoms with Crippen LogP contribution in [0.5, 0.6) is 0 Å². The van der Waals surface area contributed by atoms with Gasteiger partial charge in [-0.1, -0.05) is 20.4 Å². The lowest BCUT2D eigenvalue weighted by Gasteiger charge is -2.36. The van der Waals surface area contributed by atoms with E-state index in [1.807, 2.05) is 13.8 Å². The number of hydrogen-bond acceptors (Lipinski definition) is 1. The molecular weight excluding hydrogens is 148 g/mol. The van der Waals surface area contributed by atoms with Crippen LogP contribution in [0.1, 0.15) is 34.1 Å². The first-order chi connectivity index (χ1) is 5.36. The maximum Gasteiger partial charge on any atom is 0.0761 e. The van der Waals surface area contributed by atoms with E-state index < -0.39 is 0 Å². The molecule has 0 saturated carbocycles. The van der Waals surface area contributed by atoms with E-state index in [-0.39, 0.29) is 11.5 Å². The van der Waals surface area contributed by atoms with Crippen molar-refractivity contribution in [2.75, 3.05) is 0 Å². The Bertz CT molecular complexity index is 246. The van der Waals surface area contributed by atoms with Gasteiger partial charge in [0.1, 0.15) is 0 Å². The lowest BCUT2D eigenvalue weighted by atomic mass is 9.70. The molecule has 0 heterocycles. The molecule has 12 heavy (non-hydrogen) atoms. The molecule has 0 aliphatic heterocycles. The molecule has 68 valence electrons. The summed E-state index contributed by atoms with van der Waals surface area (Å²) in [4.78, 5) is 0. The average molecular weight is 166 g/mol. The van der Waals surface area contributed by atoms with Crippen molar-refractivity contribution in [3.05, 3.63) is 23.3 Å². The molecule has 1 atom stereocenters. The summed E-state index contributed by atoms with van der Waals surface area (Å²) in [5.41, 5.74) is 3.49. The van der Waals surface area contributed by atoms with Crippen molar-refractivity contribution in [1.29, 1.82) is 0 Å². The van der Waals surface area contributed by atoms with E-state index in [2.05, 4.69) is 20.4 Å². The molecular formula is C11H18O. The van der Waals surface area contributed by atoms with Gasteiger partial charge >= 0.3 is 0 Å². The van der Waals surface area contributed by atoms with Crippen molar-refractivity contribution in [3.8, 4) is 0 Å². The lowest BCUT2D eigenvalue weighted by molar-refractivity contribution is 0.149. The van der Waals surface area contributed by atoms with E-state index in [1.165, 1.54) is 11.1 Å². The topological polar surface area (TPSA) is 20.2 Å². The predicted molar refractivity (Wildman–Crippen MR) is 51.9 cm³/mol. The Hall–Kier alpha value is -0.560. The number of aliphatic hydroxyl groups excluding tert-OH is 1. The van der Waals surface area contributed by atoms with Crippen LogP contribution in [-0.2, 0) is 0 Å². The third-order valence-electron chi connectivity index (χ3n) is 3.06. The van der Waals surface area contributed by atoms with E-state index in [4.69, 9.17) is 0 Å². The predicted octanol–water partition coefficient (Wildman–Crippen LogP) is 2.67. The van der Waals surface area contributed by atoms with Gasteiger partial charge in [-0.3, -0.25) is 0 Å². The molecule has 0 spiro atoms. The van der Waals surface area contributed by atoms with Gasteiger partial charge in [-0.05, 0) is 42.4 Å². The molecule has 1 N–H and O–H groups in total. The van der Waals surface area contributed by atoms with E-state index in [0.29, 0.717) is 0 Å². The summed E-state index contributed by atoms with van der Waals surface area (Å²) in [5.74, 6) is 0. The standard InChI is InChI=1S/C11H18O/c1-7-8(2)10(12)6-11(4,5)9(7)3/h10,12H,3,6H2,1-2,4-5H3/t10-/m1/s1. The Morgan fingerprint density at radius 2 is 1.92 bits per heavy atom. The van der Waals surface area contributed by atoms with E-state index >= 15 is 0 Å². The van der Waals surface area contributed by atoms with E-state index in [0.717, 1.165) is 12.0 Å². The minimum absolute atomic E-state index is 0.0585. The van der Waals surface area contributed by atoms with Crippen LogP contribution in [0.4, 0.5) is 0 Å². The van der Waals surface area contributed by atoms with Crippen molar-refractivity contribution < 1.29 is 5.11 Å². The van der Waals surface area contributed by atoms with E-state index in [9.17, 15) is 5.11 Å². The minimum Gasteiger partial charge on any atom is -0.389 e. The van der Waals surface area contributed by atoms with Crippen molar-refractivity contribution in [1.82, 2.24) is 0 Å². The van der Waals surface area contributed by atoms with Crippen LogP contribution in [0.3, 0.4) is 0 Å². The number of rotatable bonds is 0. The highest BCUT2D eigenvalue weighted by atomic mass is 16.3. The average Bonchev–Trinajstić information content (AvgIpc) is 1.97. The summed E-state index contributed by atoms with van der Waals surface area (Å²) < 4.78 is 0. The first-order valence-electron chi connectivity index (χ1n) is 4.41. The highest BCUT2D eigenvalue weighted by Gasteiger charge is 2.32. The Morgan fingerprint density at radius 3 is 2.42 bits per heavy atom. The molecule has 1 aliphatic rings. The molecule has 0 fully saturated rings. The maximum atomic E-state index is 9.70. The highest BCUT2D eigenvalue weighted by molar-refractivity contribution is 5.40. The molecule has 0 bridgehead atoms. The maximum absolute atomic E-state index is 9.70. The van der Waals surface area contributed by atoms with Crippen LogP contribution in [0, 0.1) is 5.41 Å². The number of allylic oxidation sites excluding steroid dienone is 2. The molecule has 1 rings (SSSR count). The molecule has 0 aromatic heterocycles. The van der Waals surface area contributed by atoms with Gasteiger partial charge in [0.2, 0.25) is 0 Å². The van der Waals surface area contributed by atoms with Gasteiger partial charge in [0.15, 0.2) is 0 Å². The zero-order valence-corrected chi connectivity index (χ0v) is 8.44. The normalized spacial score (nSPS) is 29.4. The Kier molecular flexibility index (Phi) is 2.17. The highest BCUT2D eigenvalue weighted by Crippen LogP contribution is 2.41. The monoisotopic (exact) mass is 166 g/mol. The SMILES string of the molecule is C=C1C(C)=C(C)[C@H](O)CC1(C)C. The minimum atomic E-state index is -0.273. The largest absolute Gasteiger partial charge is 0.389 e. The molecule has 1 nitrogen and oxygen atoms in total. The van der Waals surface area contributed by atoms with Gasteiger partial charge in [0.25, 0.3) is 0 Å². The molecule has 1 heteroatoms. The summed E-state index contributed by atoms with van der Waals surface area (Å²) in [5, 5.41) is 9.70. The smallest absolute Gasteiger partial charge is 0.0761 e. The first-order valence-corrected chi connectivity index (χ1v) is 4.41. The molecule has 1 aliphatic carbocycles. The van der Waals surface area contributed by atoms with Gasteiger partial charge in [-0.2, -0.15) is 0 Å². The van der Waals surface area contributed by atoms with Crippen molar-refractivity contribution in [2.24, 2.45) is 5.41 Å². The summed E-state index contributed by atoms with van der Waals surface area (Å²) in [6.07, 6.45) is 0.528. The molecule has 0 radical (unpaired) electrons. The van der Waals surface area contributed by atoms with Crippen LogP contribution >= 0.6 is 0 Å². The molecule has 0 amide bonds. The van der Waals surface area contributed by atoms with Crippen LogP contribution in [0.25, 0.3) is 0 Å². The summed E-state index contributed by atoms with van der Waals surface area (Å²) >= 11 is 0. The second-order valence-corrected chi connectivity index (χ2v) is 4.39. The molecule has 0 aromatic rings. The zero-order chi connectivity index (χ0) is 9.52. The molecule has 0 unspecified atom stereocenters. The second-order valence-electron chi connectivity index (χ2n) is 4.39. The Labute approximate surface area is 74.8 Å². The first kappa shape index (κ1) is 9.53. The third-order valence-corrected chi connectivity index (χ3v) is 3.06. The van der Waals surface area contributed by atoms with Crippen molar-refractivity contribution in [3.63, 3.8) is 0 Å². The number of hydrogen-bond donors (Lipinski definition) is 1. The zero-order valence-electron chi connectivity index (χ0n) is 8.44. The van der Waals surface area contributed by atoms with Crippen molar-refractivity contribution >= 4 is 0 Å². The summed E-state index contributed by atoms with van der Waals surface area (Å²) in [6, 6.07) is 0. The molecule has 0 saturated heterocycles. The Morgan fingerprint density at radius 1 is 1.42 bits per heavy atom.